The molecule has 0 bridgehead atoms. The molecule has 1 aliphatic rings. The Balaban J connectivity index is 1.96. The Bertz CT molecular complexity index is 436. The Morgan fingerprint density at radius 1 is 1.61 bits per heavy atom. The Kier molecular flexibility index (Phi) is 3.48. The summed E-state index contributed by atoms with van der Waals surface area (Å²) < 4.78 is 10.8. The number of aryl methyl sites for hydroxylation is 1. The fraction of sp³-hybridized carbons (Fsp3) is 0.643. The second-order valence-electron chi connectivity index (χ2n) is 5.42. The minimum atomic E-state index is -0.0609. The van der Waals surface area contributed by atoms with Gasteiger partial charge in [-0.2, -0.15) is 0 Å². The predicted molar refractivity (Wildman–Crippen MR) is 68.5 cm³/mol. The van der Waals surface area contributed by atoms with Crippen LogP contribution in [0.5, 0.6) is 0 Å². The Morgan fingerprint density at radius 3 is 2.83 bits per heavy atom. The molecule has 4 nitrogen and oxygen atoms in total. The zero-order valence-electron chi connectivity index (χ0n) is 11.4. The van der Waals surface area contributed by atoms with Crippen molar-refractivity contribution < 1.29 is 13.9 Å². The number of hydrogen-bond acceptors (Lipinski definition) is 3. The monoisotopic (exact) mass is 251 g/mol. The number of carbonyl (C=O) groups is 1. The highest BCUT2D eigenvalue weighted by molar-refractivity contribution is 5.95. The van der Waals surface area contributed by atoms with Gasteiger partial charge >= 0.3 is 0 Å². The molecule has 1 heterocycles. The van der Waals surface area contributed by atoms with Crippen LogP contribution in [0.15, 0.2) is 16.7 Å². The molecular formula is C14H21NO3. The van der Waals surface area contributed by atoms with Crippen LogP contribution < -0.4 is 5.32 Å². The van der Waals surface area contributed by atoms with E-state index < -0.39 is 0 Å². The summed E-state index contributed by atoms with van der Waals surface area (Å²) in [6, 6.07) is 1.87. The van der Waals surface area contributed by atoms with Crippen molar-refractivity contribution in [1.29, 1.82) is 0 Å². The van der Waals surface area contributed by atoms with Gasteiger partial charge in [0.15, 0.2) is 0 Å². The number of carbonyl (C=O) groups excluding carboxylic acids is 1. The fourth-order valence-corrected chi connectivity index (χ4v) is 2.47. The lowest BCUT2D eigenvalue weighted by Gasteiger charge is -2.51. The number of ether oxygens (including phenoxy) is 1. The quantitative estimate of drug-likeness (QED) is 0.894. The summed E-state index contributed by atoms with van der Waals surface area (Å²) in [6.45, 7) is 8.77. The van der Waals surface area contributed by atoms with Crippen LogP contribution in [0.2, 0.25) is 0 Å². The molecule has 2 rings (SSSR count). The van der Waals surface area contributed by atoms with Gasteiger partial charge in [-0.3, -0.25) is 4.79 Å². The molecule has 100 valence electrons. The van der Waals surface area contributed by atoms with E-state index in [4.69, 9.17) is 9.15 Å². The van der Waals surface area contributed by atoms with E-state index in [0.717, 1.165) is 13.0 Å². The van der Waals surface area contributed by atoms with E-state index in [1.165, 1.54) is 0 Å². The molecular weight excluding hydrogens is 230 g/mol. The number of nitrogens with one attached hydrogen (secondary N) is 1. The highest BCUT2D eigenvalue weighted by atomic mass is 16.5. The van der Waals surface area contributed by atoms with E-state index in [0.29, 0.717) is 11.3 Å². The smallest absolute Gasteiger partial charge is 0.255 e. The van der Waals surface area contributed by atoms with Crippen LogP contribution in [0.25, 0.3) is 0 Å². The predicted octanol–water partition coefficient (Wildman–Crippen LogP) is 2.52. The molecule has 0 aliphatic heterocycles. The molecule has 0 radical (unpaired) electrons. The highest BCUT2D eigenvalue weighted by Crippen LogP contribution is 2.42. The van der Waals surface area contributed by atoms with Crippen LogP contribution in [0.3, 0.4) is 0 Å². The van der Waals surface area contributed by atoms with Gasteiger partial charge in [-0.15, -0.1) is 0 Å². The fourth-order valence-electron chi connectivity index (χ4n) is 2.47. The molecule has 0 aromatic carbocycles. The lowest BCUT2D eigenvalue weighted by molar-refractivity contribution is -0.111. The van der Waals surface area contributed by atoms with Crippen molar-refractivity contribution in [3.8, 4) is 0 Å². The Labute approximate surface area is 108 Å². The first-order chi connectivity index (χ1) is 8.46. The molecule has 1 saturated carbocycles. The molecule has 1 amide bonds. The van der Waals surface area contributed by atoms with Crippen molar-refractivity contribution in [2.45, 2.75) is 46.3 Å². The Hall–Kier alpha value is -1.29. The zero-order valence-corrected chi connectivity index (χ0v) is 11.4. The maximum absolute atomic E-state index is 12.1. The maximum Gasteiger partial charge on any atom is 0.255 e. The van der Waals surface area contributed by atoms with E-state index in [-0.39, 0.29) is 23.5 Å². The first-order valence-electron chi connectivity index (χ1n) is 6.43. The lowest BCUT2D eigenvalue weighted by atomic mass is 9.64. The highest BCUT2D eigenvalue weighted by Gasteiger charge is 2.49. The van der Waals surface area contributed by atoms with E-state index in [9.17, 15) is 4.79 Å². The first-order valence-corrected chi connectivity index (χ1v) is 6.43. The van der Waals surface area contributed by atoms with E-state index in [2.05, 4.69) is 19.2 Å². The van der Waals surface area contributed by atoms with Gasteiger partial charge in [0.2, 0.25) is 0 Å². The summed E-state index contributed by atoms with van der Waals surface area (Å²) >= 11 is 0. The van der Waals surface area contributed by atoms with E-state index in [1.807, 2.05) is 6.92 Å². The molecule has 2 unspecified atom stereocenters. The summed E-state index contributed by atoms with van der Waals surface area (Å²) in [6.07, 6.45) is 2.65. The molecule has 1 N–H and O–H groups in total. The standard InChI is InChI=1S/C14H21NO3/c1-5-17-12-8-11(14(12,3)4)15-13(16)10-6-7-18-9(10)2/h6-7,11-12H,5,8H2,1-4H3,(H,15,16). The van der Waals surface area contributed by atoms with Crippen LogP contribution in [0.4, 0.5) is 0 Å². The maximum atomic E-state index is 12.1. The number of hydrogen-bond donors (Lipinski definition) is 1. The van der Waals surface area contributed by atoms with E-state index in [1.54, 1.807) is 19.3 Å². The first kappa shape index (κ1) is 13.1. The van der Waals surface area contributed by atoms with Crippen LogP contribution in [0, 0.1) is 12.3 Å². The topological polar surface area (TPSA) is 51.5 Å². The summed E-state index contributed by atoms with van der Waals surface area (Å²) in [5, 5.41) is 3.06. The second kappa shape index (κ2) is 4.76. The van der Waals surface area contributed by atoms with Gasteiger partial charge in [0.25, 0.3) is 5.91 Å². The molecule has 2 atom stereocenters. The largest absolute Gasteiger partial charge is 0.469 e. The Morgan fingerprint density at radius 2 is 2.33 bits per heavy atom. The number of furan rings is 1. The summed E-state index contributed by atoms with van der Waals surface area (Å²) in [5.41, 5.74) is 0.606. The van der Waals surface area contributed by atoms with Gasteiger partial charge in [-0.05, 0) is 26.3 Å². The molecule has 4 heteroatoms. The summed E-state index contributed by atoms with van der Waals surface area (Å²) in [4.78, 5) is 12.1. The minimum absolute atomic E-state index is 0.0106. The van der Waals surface area contributed by atoms with Gasteiger partial charge in [-0.1, -0.05) is 13.8 Å². The molecule has 1 aromatic rings. The van der Waals surface area contributed by atoms with E-state index >= 15 is 0 Å². The third kappa shape index (κ3) is 2.17. The van der Waals surface area contributed by atoms with Gasteiger partial charge in [0.1, 0.15) is 5.76 Å². The van der Waals surface area contributed by atoms with Gasteiger partial charge < -0.3 is 14.5 Å². The van der Waals surface area contributed by atoms with Crippen LogP contribution >= 0.6 is 0 Å². The van der Waals surface area contributed by atoms with Gasteiger partial charge in [-0.25, -0.2) is 0 Å². The van der Waals surface area contributed by atoms with Crippen molar-refractivity contribution in [2.24, 2.45) is 5.41 Å². The zero-order chi connectivity index (χ0) is 13.3. The van der Waals surface area contributed by atoms with Crippen molar-refractivity contribution in [3.05, 3.63) is 23.7 Å². The van der Waals surface area contributed by atoms with Crippen molar-refractivity contribution in [1.82, 2.24) is 5.32 Å². The lowest BCUT2D eigenvalue weighted by Crippen LogP contribution is -2.62. The third-order valence-corrected chi connectivity index (χ3v) is 3.95. The molecule has 1 aliphatic carbocycles. The molecule has 18 heavy (non-hydrogen) atoms. The number of amides is 1. The van der Waals surface area contributed by atoms with Gasteiger partial charge in [0, 0.05) is 18.1 Å². The van der Waals surface area contributed by atoms with Crippen molar-refractivity contribution in [2.75, 3.05) is 6.61 Å². The second-order valence-corrected chi connectivity index (χ2v) is 5.42. The molecule has 0 spiro atoms. The summed E-state index contributed by atoms with van der Waals surface area (Å²) in [7, 11) is 0. The molecule has 1 fully saturated rings. The van der Waals surface area contributed by atoms with Gasteiger partial charge in [0.05, 0.1) is 17.9 Å². The van der Waals surface area contributed by atoms with Crippen molar-refractivity contribution >= 4 is 5.91 Å². The molecule has 0 saturated heterocycles. The minimum Gasteiger partial charge on any atom is -0.469 e. The number of rotatable bonds is 4. The normalized spacial score (nSPS) is 25.6. The van der Waals surface area contributed by atoms with Crippen LogP contribution in [-0.4, -0.2) is 24.7 Å². The molecule has 1 aromatic heterocycles. The third-order valence-electron chi connectivity index (χ3n) is 3.95. The van der Waals surface area contributed by atoms with Crippen LogP contribution in [-0.2, 0) is 4.74 Å². The average molecular weight is 251 g/mol. The van der Waals surface area contributed by atoms with Crippen LogP contribution in [0.1, 0.15) is 43.3 Å². The SMILES string of the molecule is CCOC1CC(NC(=O)c2ccoc2C)C1(C)C. The average Bonchev–Trinajstić information content (AvgIpc) is 2.74. The summed E-state index contributed by atoms with van der Waals surface area (Å²) in [5.74, 6) is 0.597. The van der Waals surface area contributed by atoms with Crippen molar-refractivity contribution in [3.63, 3.8) is 0 Å².